The van der Waals surface area contributed by atoms with Crippen molar-refractivity contribution in [2.75, 3.05) is 21.3 Å². The number of thiazole rings is 1. The molecule has 0 saturated carbocycles. The molecule has 8 heteroatoms. The lowest BCUT2D eigenvalue weighted by atomic mass is 10.2. The maximum absolute atomic E-state index is 12.2. The lowest BCUT2D eigenvalue weighted by Gasteiger charge is -2.09. The molecule has 0 bridgehead atoms. The molecule has 2 aromatic carbocycles. The van der Waals surface area contributed by atoms with Gasteiger partial charge in [0.2, 0.25) is 0 Å². The Kier molecular flexibility index (Phi) is 6.95. The van der Waals surface area contributed by atoms with Gasteiger partial charge in [-0.25, -0.2) is 4.98 Å². The standard InChI is InChI=1S/C21H20ClNO5S/c1-25-17-7-5-15(22)8-14(17)11-28-20(24)10-16-12-29-21(23-16)13-4-6-18(26-2)19(9-13)27-3/h4-9,12H,10-11H2,1-3H3. The van der Waals surface area contributed by atoms with Crippen LogP contribution >= 0.6 is 22.9 Å². The molecular formula is C21H20ClNO5S. The number of carbonyl (C=O) groups excluding carboxylic acids is 1. The molecule has 1 heterocycles. The summed E-state index contributed by atoms with van der Waals surface area (Å²) in [5.74, 6) is 1.51. The molecule has 3 aromatic rings. The van der Waals surface area contributed by atoms with Gasteiger partial charge in [-0.2, -0.15) is 0 Å². The molecule has 0 N–H and O–H groups in total. The maximum atomic E-state index is 12.2. The van der Waals surface area contributed by atoms with E-state index in [1.165, 1.54) is 11.3 Å². The highest BCUT2D eigenvalue weighted by Crippen LogP contribution is 2.33. The third kappa shape index (κ3) is 5.19. The predicted molar refractivity (Wildman–Crippen MR) is 112 cm³/mol. The van der Waals surface area contributed by atoms with Crippen LogP contribution in [0.5, 0.6) is 17.2 Å². The molecular weight excluding hydrogens is 414 g/mol. The van der Waals surface area contributed by atoms with Crippen molar-refractivity contribution in [3.05, 3.63) is 58.1 Å². The Labute approximate surface area is 178 Å². The normalized spacial score (nSPS) is 10.5. The van der Waals surface area contributed by atoms with Gasteiger partial charge in [-0.3, -0.25) is 4.79 Å². The van der Waals surface area contributed by atoms with E-state index >= 15 is 0 Å². The zero-order valence-electron chi connectivity index (χ0n) is 16.2. The van der Waals surface area contributed by atoms with Gasteiger partial charge in [-0.05, 0) is 36.4 Å². The maximum Gasteiger partial charge on any atom is 0.312 e. The van der Waals surface area contributed by atoms with Crippen molar-refractivity contribution in [1.29, 1.82) is 0 Å². The van der Waals surface area contributed by atoms with Crippen LogP contribution in [0, 0.1) is 0 Å². The van der Waals surface area contributed by atoms with Crippen LogP contribution in [-0.2, 0) is 22.6 Å². The smallest absolute Gasteiger partial charge is 0.312 e. The molecule has 0 aliphatic heterocycles. The topological polar surface area (TPSA) is 66.9 Å². The quantitative estimate of drug-likeness (QED) is 0.476. The Morgan fingerprint density at radius 2 is 1.72 bits per heavy atom. The van der Waals surface area contributed by atoms with E-state index < -0.39 is 0 Å². The third-order valence-electron chi connectivity index (χ3n) is 4.14. The first-order valence-corrected chi connectivity index (χ1v) is 9.94. The van der Waals surface area contributed by atoms with E-state index in [4.69, 9.17) is 30.5 Å². The molecule has 0 atom stereocenters. The number of halogens is 1. The number of rotatable bonds is 8. The van der Waals surface area contributed by atoms with Gasteiger partial charge in [-0.1, -0.05) is 11.6 Å². The monoisotopic (exact) mass is 433 g/mol. The molecule has 0 aliphatic carbocycles. The fourth-order valence-electron chi connectivity index (χ4n) is 2.71. The van der Waals surface area contributed by atoms with Crippen LogP contribution in [0.1, 0.15) is 11.3 Å². The van der Waals surface area contributed by atoms with Gasteiger partial charge in [0.1, 0.15) is 17.4 Å². The van der Waals surface area contributed by atoms with Crippen LogP contribution in [0.4, 0.5) is 0 Å². The van der Waals surface area contributed by atoms with Crippen LogP contribution in [0.25, 0.3) is 10.6 Å². The molecule has 0 unspecified atom stereocenters. The Morgan fingerprint density at radius 1 is 1.00 bits per heavy atom. The Balaban J connectivity index is 1.64. The number of hydrogen-bond acceptors (Lipinski definition) is 7. The SMILES string of the molecule is COc1ccc(Cl)cc1COC(=O)Cc1csc(-c2ccc(OC)c(OC)c2)n1. The second kappa shape index (κ2) is 9.62. The summed E-state index contributed by atoms with van der Waals surface area (Å²) in [6.45, 7) is 0.0786. The Morgan fingerprint density at radius 3 is 2.45 bits per heavy atom. The fraction of sp³-hybridized carbons (Fsp3) is 0.238. The highest BCUT2D eigenvalue weighted by molar-refractivity contribution is 7.13. The molecule has 29 heavy (non-hydrogen) atoms. The van der Waals surface area contributed by atoms with Gasteiger partial charge in [0.05, 0.1) is 33.4 Å². The third-order valence-corrected chi connectivity index (χ3v) is 5.31. The summed E-state index contributed by atoms with van der Waals surface area (Å²) in [5.41, 5.74) is 2.23. The van der Waals surface area contributed by atoms with Gasteiger partial charge < -0.3 is 18.9 Å². The van der Waals surface area contributed by atoms with E-state index in [-0.39, 0.29) is 19.0 Å². The summed E-state index contributed by atoms with van der Waals surface area (Å²) in [5, 5.41) is 3.17. The van der Waals surface area contributed by atoms with Crippen LogP contribution < -0.4 is 14.2 Å². The summed E-state index contributed by atoms with van der Waals surface area (Å²) in [6, 6.07) is 10.7. The average molecular weight is 434 g/mol. The molecule has 6 nitrogen and oxygen atoms in total. The summed E-state index contributed by atoms with van der Waals surface area (Å²) >= 11 is 7.45. The first kappa shape index (κ1) is 21.0. The molecule has 0 radical (unpaired) electrons. The first-order valence-electron chi connectivity index (χ1n) is 8.69. The van der Waals surface area contributed by atoms with Gasteiger partial charge in [0.25, 0.3) is 0 Å². The van der Waals surface area contributed by atoms with Crippen LogP contribution in [0.2, 0.25) is 5.02 Å². The number of benzene rings is 2. The minimum absolute atomic E-state index is 0.0761. The number of ether oxygens (including phenoxy) is 4. The number of hydrogen-bond donors (Lipinski definition) is 0. The van der Waals surface area contributed by atoms with Gasteiger partial charge in [-0.15, -0.1) is 11.3 Å². The van der Waals surface area contributed by atoms with E-state index in [9.17, 15) is 4.79 Å². The predicted octanol–water partition coefficient (Wildman–Crippen LogP) is 4.78. The van der Waals surface area contributed by atoms with E-state index in [0.29, 0.717) is 33.5 Å². The zero-order chi connectivity index (χ0) is 20.8. The van der Waals surface area contributed by atoms with Gasteiger partial charge >= 0.3 is 5.97 Å². The molecule has 0 saturated heterocycles. The molecule has 0 aliphatic rings. The minimum atomic E-state index is -0.379. The highest BCUT2D eigenvalue weighted by atomic mass is 35.5. The van der Waals surface area contributed by atoms with Gasteiger partial charge in [0, 0.05) is 21.5 Å². The zero-order valence-corrected chi connectivity index (χ0v) is 17.8. The molecule has 0 fully saturated rings. The molecule has 0 spiro atoms. The summed E-state index contributed by atoms with van der Waals surface area (Å²) in [6.07, 6.45) is 0.0761. The number of esters is 1. The first-order chi connectivity index (χ1) is 14.0. The molecule has 152 valence electrons. The number of aromatic nitrogens is 1. The summed E-state index contributed by atoms with van der Waals surface area (Å²) in [7, 11) is 4.73. The Bertz CT molecular complexity index is 1000. The van der Waals surface area contributed by atoms with E-state index in [0.717, 1.165) is 10.6 Å². The van der Waals surface area contributed by atoms with Crippen LogP contribution in [0.3, 0.4) is 0 Å². The highest BCUT2D eigenvalue weighted by Gasteiger charge is 2.13. The second-order valence-corrected chi connectivity index (χ2v) is 7.30. The minimum Gasteiger partial charge on any atom is -0.496 e. The van der Waals surface area contributed by atoms with Crippen molar-refractivity contribution in [1.82, 2.24) is 4.98 Å². The lowest BCUT2D eigenvalue weighted by molar-refractivity contribution is -0.144. The van der Waals surface area contributed by atoms with Crippen LogP contribution in [-0.4, -0.2) is 32.3 Å². The molecule has 3 rings (SSSR count). The van der Waals surface area contributed by atoms with Crippen LogP contribution in [0.15, 0.2) is 41.8 Å². The molecule has 1 aromatic heterocycles. The fourth-order valence-corrected chi connectivity index (χ4v) is 3.72. The number of carbonyl (C=O) groups is 1. The van der Waals surface area contributed by atoms with E-state index in [1.54, 1.807) is 39.5 Å². The van der Waals surface area contributed by atoms with E-state index in [2.05, 4.69) is 4.98 Å². The van der Waals surface area contributed by atoms with Crippen molar-refractivity contribution >= 4 is 28.9 Å². The largest absolute Gasteiger partial charge is 0.496 e. The Hall–Kier alpha value is -2.77. The van der Waals surface area contributed by atoms with E-state index in [1.807, 2.05) is 23.6 Å². The summed E-state index contributed by atoms with van der Waals surface area (Å²) in [4.78, 5) is 16.8. The lowest BCUT2D eigenvalue weighted by Crippen LogP contribution is -2.09. The van der Waals surface area contributed by atoms with Crippen molar-refractivity contribution in [2.45, 2.75) is 13.0 Å². The molecule has 0 amide bonds. The van der Waals surface area contributed by atoms with Gasteiger partial charge in [0.15, 0.2) is 11.5 Å². The summed E-state index contributed by atoms with van der Waals surface area (Å²) < 4.78 is 21.2. The number of nitrogens with zero attached hydrogens (tertiary/aromatic N) is 1. The second-order valence-electron chi connectivity index (χ2n) is 6.01. The number of methoxy groups -OCH3 is 3. The van der Waals surface area contributed by atoms with Crippen molar-refractivity contribution in [3.8, 4) is 27.8 Å². The van der Waals surface area contributed by atoms with Crippen molar-refractivity contribution in [3.63, 3.8) is 0 Å². The average Bonchev–Trinajstić information content (AvgIpc) is 3.20. The van der Waals surface area contributed by atoms with Crippen molar-refractivity contribution < 1.29 is 23.7 Å². The van der Waals surface area contributed by atoms with Crippen molar-refractivity contribution in [2.24, 2.45) is 0 Å².